The van der Waals surface area contributed by atoms with Crippen LogP contribution in [0.2, 0.25) is 0 Å². The highest BCUT2D eigenvalue weighted by Crippen LogP contribution is 2.54. The fraction of sp³-hybridized carbons (Fsp3) is 0.929. The number of ether oxygens (including phenoxy) is 3. The molecule has 0 aromatic rings. The molecule has 34 heavy (non-hydrogen) atoms. The Kier molecular flexibility index (Phi) is 8.03. The molecule has 2 aliphatic heterocycles. The number of rotatable bonds is 8. The summed E-state index contributed by atoms with van der Waals surface area (Å²) in [6.45, 7) is 27.9. The predicted octanol–water partition coefficient (Wildman–Crippen LogP) is 5.96. The first-order valence-electron chi connectivity index (χ1n) is 13.1. The summed E-state index contributed by atoms with van der Waals surface area (Å²) in [5.74, 6) is -0.914. The Labute approximate surface area is 208 Å². The highest BCUT2D eigenvalue weighted by molar-refractivity contribution is 5.85. The third-order valence-electron chi connectivity index (χ3n) is 8.41. The Morgan fingerprint density at radius 1 is 1.00 bits per heavy atom. The number of amides is 1. The Hall–Kier alpha value is -1.14. The molecule has 4 atom stereocenters. The SMILES string of the molecule is CCC1(CC)O[C@H]2CN(C(C(C)(C)C)C(C)(C)C(C)(C)C(CC(C)(C)C)OC(C)=O)C(=O)[C@H]2O1. The maximum absolute atomic E-state index is 13.8. The van der Waals surface area contributed by atoms with E-state index in [1.807, 2.05) is 18.7 Å². The van der Waals surface area contributed by atoms with Crippen molar-refractivity contribution in [2.75, 3.05) is 6.54 Å². The van der Waals surface area contributed by atoms with E-state index in [2.05, 4.69) is 69.2 Å². The van der Waals surface area contributed by atoms with Gasteiger partial charge in [-0.1, -0.05) is 83.1 Å². The first kappa shape index (κ1) is 29.1. The Morgan fingerprint density at radius 2 is 1.53 bits per heavy atom. The molecule has 2 aliphatic rings. The van der Waals surface area contributed by atoms with Gasteiger partial charge < -0.3 is 19.1 Å². The summed E-state index contributed by atoms with van der Waals surface area (Å²) >= 11 is 0. The van der Waals surface area contributed by atoms with Crippen LogP contribution in [0.3, 0.4) is 0 Å². The fourth-order valence-electron chi connectivity index (χ4n) is 6.19. The van der Waals surface area contributed by atoms with E-state index in [0.717, 1.165) is 19.3 Å². The average molecular weight is 482 g/mol. The molecule has 198 valence electrons. The number of hydrogen-bond donors (Lipinski definition) is 0. The van der Waals surface area contributed by atoms with Crippen LogP contribution in [0.1, 0.15) is 109 Å². The molecule has 6 nitrogen and oxygen atoms in total. The first-order chi connectivity index (χ1) is 15.2. The Balaban J connectivity index is 2.46. The number of fused-ring (bicyclic) bond motifs is 1. The lowest BCUT2D eigenvalue weighted by Crippen LogP contribution is -2.62. The molecule has 0 N–H and O–H groups in total. The van der Waals surface area contributed by atoms with Crippen LogP contribution in [0.4, 0.5) is 0 Å². The zero-order valence-corrected chi connectivity index (χ0v) is 24.1. The van der Waals surface area contributed by atoms with Crippen molar-refractivity contribution in [1.82, 2.24) is 4.90 Å². The molecule has 0 spiro atoms. The molecular formula is C28H51NO5. The van der Waals surface area contributed by atoms with Crippen molar-refractivity contribution < 1.29 is 23.8 Å². The number of carbonyl (C=O) groups excluding carboxylic acids is 2. The van der Waals surface area contributed by atoms with Crippen LogP contribution in [0, 0.1) is 21.7 Å². The van der Waals surface area contributed by atoms with Gasteiger partial charge in [-0.25, -0.2) is 0 Å². The van der Waals surface area contributed by atoms with Crippen LogP contribution < -0.4 is 0 Å². The zero-order valence-electron chi connectivity index (χ0n) is 24.1. The van der Waals surface area contributed by atoms with Crippen molar-refractivity contribution in [3.05, 3.63) is 0 Å². The molecule has 0 aromatic heterocycles. The van der Waals surface area contributed by atoms with Crippen LogP contribution in [0.25, 0.3) is 0 Å². The second kappa shape index (κ2) is 9.38. The summed E-state index contributed by atoms with van der Waals surface area (Å²) in [6.07, 6.45) is 1.09. The van der Waals surface area contributed by atoms with E-state index in [0.29, 0.717) is 6.54 Å². The topological polar surface area (TPSA) is 65.1 Å². The van der Waals surface area contributed by atoms with Gasteiger partial charge in [-0.3, -0.25) is 9.59 Å². The van der Waals surface area contributed by atoms with Crippen LogP contribution in [0.15, 0.2) is 0 Å². The van der Waals surface area contributed by atoms with Gasteiger partial charge in [0.15, 0.2) is 11.9 Å². The number of likely N-dealkylation sites (tertiary alicyclic amines) is 1. The largest absolute Gasteiger partial charge is 0.462 e. The van der Waals surface area contributed by atoms with Gasteiger partial charge >= 0.3 is 5.97 Å². The maximum atomic E-state index is 13.8. The van der Waals surface area contributed by atoms with Crippen LogP contribution in [0.5, 0.6) is 0 Å². The molecule has 0 aliphatic carbocycles. The number of esters is 1. The van der Waals surface area contributed by atoms with Gasteiger partial charge in [-0.05, 0) is 35.5 Å². The van der Waals surface area contributed by atoms with E-state index in [9.17, 15) is 9.59 Å². The van der Waals surface area contributed by atoms with Crippen LogP contribution in [-0.2, 0) is 23.8 Å². The molecule has 2 saturated heterocycles. The maximum Gasteiger partial charge on any atom is 0.302 e. The Morgan fingerprint density at radius 3 is 1.91 bits per heavy atom. The third kappa shape index (κ3) is 5.48. The van der Waals surface area contributed by atoms with E-state index < -0.39 is 22.7 Å². The molecule has 6 heteroatoms. The van der Waals surface area contributed by atoms with Crippen LogP contribution >= 0.6 is 0 Å². The molecule has 0 aromatic carbocycles. The smallest absolute Gasteiger partial charge is 0.302 e. The number of hydrogen-bond acceptors (Lipinski definition) is 5. The third-order valence-corrected chi connectivity index (χ3v) is 8.41. The zero-order chi connectivity index (χ0) is 26.5. The van der Waals surface area contributed by atoms with Crippen molar-refractivity contribution in [1.29, 1.82) is 0 Å². The minimum Gasteiger partial charge on any atom is -0.462 e. The summed E-state index contributed by atoms with van der Waals surface area (Å²) < 4.78 is 18.6. The minimum atomic E-state index is -0.657. The predicted molar refractivity (Wildman–Crippen MR) is 135 cm³/mol. The molecule has 2 heterocycles. The quantitative estimate of drug-likeness (QED) is 0.400. The lowest BCUT2D eigenvalue weighted by molar-refractivity contribution is -0.199. The van der Waals surface area contributed by atoms with Gasteiger partial charge in [0.2, 0.25) is 0 Å². The molecule has 2 rings (SSSR count). The molecule has 2 unspecified atom stereocenters. The molecule has 1 amide bonds. The van der Waals surface area contributed by atoms with Crippen molar-refractivity contribution in [3.8, 4) is 0 Å². The Bertz CT molecular complexity index is 754. The molecule has 0 saturated carbocycles. The number of nitrogens with zero attached hydrogens (tertiary/aromatic N) is 1. The molecule has 2 fully saturated rings. The molecule has 0 bridgehead atoms. The van der Waals surface area contributed by atoms with Crippen molar-refractivity contribution in [3.63, 3.8) is 0 Å². The summed E-state index contributed by atoms with van der Waals surface area (Å²) in [6, 6.07) is -0.115. The van der Waals surface area contributed by atoms with Crippen molar-refractivity contribution >= 4 is 11.9 Å². The molecular weight excluding hydrogens is 430 g/mol. The normalized spacial score (nSPS) is 25.3. The average Bonchev–Trinajstić information content (AvgIpc) is 3.15. The van der Waals surface area contributed by atoms with E-state index in [4.69, 9.17) is 14.2 Å². The van der Waals surface area contributed by atoms with Crippen LogP contribution in [-0.4, -0.2) is 53.5 Å². The first-order valence-corrected chi connectivity index (χ1v) is 13.1. The second-order valence-electron chi connectivity index (χ2n) is 13.9. The summed E-state index contributed by atoms with van der Waals surface area (Å²) in [5.41, 5.74) is -1.04. The summed E-state index contributed by atoms with van der Waals surface area (Å²) in [7, 11) is 0. The lowest BCUT2D eigenvalue weighted by atomic mass is 9.54. The van der Waals surface area contributed by atoms with E-state index in [1.165, 1.54) is 6.92 Å². The standard InChI is InChI=1S/C28H51NO5/c1-14-28(15-2)33-19-17-29(22(31)21(19)34-28)23(25(7,8)9)27(12,13)26(10,11)20(32-18(3)30)16-24(4,5)6/h19-21,23H,14-17H2,1-13H3/t19-,20?,21-,23?/m0/s1. The minimum absolute atomic E-state index is 0.0115. The van der Waals surface area contributed by atoms with Gasteiger partial charge in [-0.15, -0.1) is 0 Å². The fourth-order valence-corrected chi connectivity index (χ4v) is 6.19. The molecule has 0 radical (unpaired) electrons. The van der Waals surface area contributed by atoms with Gasteiger partial charge in [0.25, 0.3) is 5.91 Å². The second-order valence-corrected chi connectivity index (χ2v) is 13.9. The van der Waals surface area contributed by atoms with E-state index in [1.54, 1.807) is 0 Å². The van der Waals surface area contributed by atoms with Gasteiger partial charge in [0.1, 0.15) is 12.2 Å². The summed E-state index contributed by atoms with van der Waals surface area (Å²) in [4.78, 5) is 27.9. The van der Waals surface area contributed by atoms with E-state index in [-0.39, 0.29) is 41.0 Å². The number of carbonyl (C=O) groups is 2. The van der Waals surface area contributed by atoms with Gasteiger partial charge in [0, 0.05) is 18.4 Å². The highest BCUT2D eigenvalue weighted by atomic mass is 16.8. The monoisotopic (exact) mass is 481 g/mol. The van der Waals surface area contributed by atoms with E-state index >= 15 is 0 Å². The van der Waals surface area contributed by atoms with Gasteiger partial charge in [0.05, 0.1) is 6.54 Å². The summed E-state index contributed by atoms with van der Waals surface area (Å²) in [5, 5.41) is 0. The van der Waals surface area contributed by atoms with Gasteiger partial charge in [-0.2, -0.15) is 0 Å². The highest BCUT2D eigenvalue weighted by Gasteiger charge is 2.61. The lowest BCUT2D eigenvalue weighted by Gasteiger charge is -2.57. The van der Waals surface area contributed by atoms with Crippen molar-refractivity contribution in [2.24, 2.45) is 21.7 Å². The van der Waals surface area contributed by atoms with Crippen molar-refractivity contribution in [2.45, 2.75) is 139 Å².